The number of thiophene rings is 1. The number of nitrogens with one attached hydrogen (secondary N) is 2. The van der Waals surface area contributed by atoms with E-state index in [1.54, 1.807) is 24.4 Å². The summed E-state index contributed by atoms with van der Waals surface area (Å²) in [6.45, 7) is 1.05. The molecule has 1 aliphatic heterocycles. The van der Waals surface area contributed by atoms with Crippen molar-refractivity contribution in [3.63, 3.8) is 0 Å². The molecule has 0 spiro atoms. The number of urea groups is 1. The van der Waals surface area contributed by atoms with Gasteiger partial charge in [-0.2, -0.15) is 0 Å². The molecule has 1 aromatic heterocycles. The number of halogens is 2. The molecule has 0 aliphatic carbocycles. The van der Waals surface area contributed by atoms with E-state index in [4.69, 9.17) is 11.6 Å². The van der Waals surface area contributed by atoms with Gasteiger partial charge in [0.25, 0.3) is 5.91 Å². The first-order valence-electron chi connectivity index (χ1n) is 7.24. The summed E-state index contributed by atoms with van der Waals surface area (Å²) in [5, 5.41) is 6.94. The predicted molar refractivity (Wildman–Crippen MR) is 92.0 cm³/mol. The van der Waals surface area contributed by atoms with Gasteiger partial charge in [-0.1, -0.05) is 17.7 Å². The molecule has 2 heterocycles. The second-order valence-corrected chi connectivity index (χ2v) is 6.98. The minimum absolute atomic E-state index is 0.120. The molecule has 1 aliphatic rings. The van der Waals surface area contributed by atoms with Crippen LogP contribution in [0.15, 0.2) is 35.7 Å². The Labute approximate surface area is 151 Å². The number of amides is 4. The molecule has 0 saturated carbocycles. The van der Waals surface area contributed by atoms with Crippen molar-refractivity contribution in [1.82, 2.24) is 10.2 Å². The van der Waals surface area contributed by atoms with Crippen LogP contribution in [0.4, 0.5) is 14.9 Å². The zero-order valence-electron chi connectivity index (χ0n) is 13.0. The fraction of sp³-hybridized carbons (Fsp3) is 0.188. The molecule has 1 saturated heterocycles. The number of benzene rings is 1. The highest BCUT2D eigenvalue weighted by atomic mass is 35.5. The lowest BCUT2D eigenvalue weighted by atomic mass is 10.0. The molecule has 0 bridgehead atoms. The van der Waals surface area contributed by atoms with Gasteiger partial charge < -0.3 is 10.6 Å². The van der Waals surface area contributed by atoms with Crippen LogP contribution in [0.25, 0.3) is 0 Å². The molecule has 3 rings (SSSR count). The summed E-state index contributed by atoms with van der Waals surface area (Å²) in [5.74, 6) is -1.92. The van der Waals surface area contributed by atoms with E-state index in [2.05, 4.69) is 10.6 Å². The SMILES string of the molecule is CC1(c2cccs2)NC(=O)N(CC(=O)Nc2cc(Cl)ccc2F)C1=O. The molecule has 0 radical (unpaired) electrons. The van der Waals surface area contributed by atoms with Crippen LogP contribution >= 0.6 is 22.9 Å². The maximum atomic E-state index is 13.7. The summed E-state index contributed by atoms with van der Waals surface area (Å²) in [6, 6.07) is 6.52. The van der Waals surface area contributed by atoms with Crippen molar-refractivity contribution in [2.45, 2.75) is 12.5 Å². The minimum atomic E-state index is -1.22. The third kappa shape index (κ3) is 3.22. The normalized spacial score (nSPS) is 19.9. The monoisotopic (exact) mass is 381 g/mol. The maximum absolute atomic E-state index is 13.7. The first-order valence-corrected chi connectivity index (χ1v) is 8.50. The van der Waals surface area contributed by atoms with Crippen molar-refractivity contribution in [1.29, 1.82) is 0 Å². The number of hydrogen-bond acceptors (Lipinski definition) is 4. The number of carbonyl (C=O) groups is 3. The van der Waals surface area contributed by atoms with E-state index in [-0.39, 0.29) is 10.7 Å². The van der Waals surface area contributed by atoms with Crippen LogP contribution in [0.2, 0.25) is 5.02 Å². The fourth-order valence-electron chi connectivity index (χ4n) is 2.50. The second kappa shape index (κ2) is 6.45. The van der Waals surface area contributed by atoms with Gasteiger partial charge in [-0.05, 0) is 36.6 Å². The second-order valence-electron chi connectivity index (χ2n) is 5.60. The number of nitrogens with zero attached hydrogens (tertiary/aromatic N) is 1. The minimum Gasteiger partial charge on any atom is -0.322 e. The molecule has 1 aromatic carbocycles. The van der Waals surface area contributed by atoms with E-state index in [0.29, 0.717) is 4.88 Å². The molecule has 1 fully saturated rings. The zero-order chi connectivity index (χ0) is 18.2. The number of imide groups is 1. The Morgan fingerprint density at radius 3 is 2.84 bits per heavy atom. The summed E-state index contributed by atoms with van der Waals surface area (Å²) < 4.78 is 13.7. The van der Waals surface area contributed by atoms with Gasteiger partial charge in [0.1, 0.15) is 12.4 Å². The van der Waals surface area contributed by atoms with Crippen molar-refractivity contribution in [3.8, 4) is 0 Å². The Morgan fingerprint density at radius 2 is 2.16 bits per heavy atom. The standard InChI is InChI=1S/C16H13ClFN3O3S/c1-16(12-3-2-6-25-12)14(23)21(15(24)20-16)8-13(22)19-11-7-9(17)4-5-10(11)18/h2-7H,8H2,1H3,(H,19,22)(H,20,24). The van der Waals surface area contributed by atoms with Gasteiger partial charge in [0.2, 0.25) is 5.91 Å². The number of hydrogen-bond donors (Lipinski definition) is 2. The lowest BCUT2D eigenvalue weighted by Gasteiger charge is -2.20. The van der Waals surface area contributed by atoms with E-state index in [0.717, 1.165) is 11.0 Å². The quantitative estimate of drug-likeness (QED) is 0.799. The third-order valence-corrected chi connectivity index (χ3v) is 5.12. The van der Waals surface area contributed by atoms with Gasteiger partial charge in [-0.3, -0.25) is 14.5 Å². The van der Waals surface area contributed by atoms with Gasteiger partial charge in [-0.15, -0.1) is 11.3 Å². The van der Waals surface area contributed by atoms with Crippen molar-refractivity contribution >= 4 is 46.5 Å². The average molecular weight is 382 g/mol. The van der Waals surface area contributed by atoms with Crippen LogP contribution in [0.1, 0.15) is 11.8 Å². The van der Waals surface area contributed by atoms with Crippen LogP contribution in [0.5, 0.6) is 0 Å². The van der Waals surface area contributed by atoms with Gasteiger partial charge in [-0.25, -0.2) is 9.18 Å². The van der Waals surface area contributed by atoms with Crippen LogP contribution < -0.4 is 10.6 Å². The summed E-state index contributed by atoms with van der Waals surface area (Å²) in [6.07, 6.45) is 0. The summed E-state index contributed by atoms with van der Waals surface area (Å²) in [5.41, 5.74) is -1.34. The molecule has 1 unspecified atom stereocenters. The number of rotatable bonds is 4. The molecule has 9 heteroatoms. The van der Waals surface area contributed by atoms with Crippen LogP contribution in [-0.2, 0) is 15.1 Å². The summed E-state index contributed by atoms with van der Waals surface area (Å²) in [4.78, 5) is 38.3. The van der Waals surface area contributed by atoms with Crippen LogP contribution in [0.3, 0.4) is 0 Å². The van der Waals surface area contributed by atoms with Crippen molar-refractivity contribution in [2.75, 3.05) is 11.9 Å². The van der Waals surface area contributed by atoms with E-state index in [1.807, 2.05) is 0 Å². The Balaban J connectivity index is 1.74. The van der Waals surface area contributed by atoms with E-state index >= 15 is 0 Å². The molecule has 25 heavy (non-hydrogen) atoms. The van der Waals surface area contributed by atoms with E-state index in [9.17, 15) is 18.8 Å². The van der Waals surface area contributed by atoms with Crippen molar-refractivity contribution < 1.29 is 18.8 Å². The third-order valence-electron chi connectivity index (χ3n) is 3.79. The highest BCUT2D eigenvalue weighted by Crippen LogP contribution is 2.31. The molecule has 1 atom stereocenters. The Bertz CT molecular complexity index is 858. The van der Waals surface area contributed by atoms with Gasteiger partial charge in [0.15, 0.2) is 5.54 Å². The molecular formula is C16H13ClFN3O3S. The predicted octanol–water partition coefficient (Wildman–Crippen LogP) is 2.95. The first kappa shape index (κ1) is 17.4. The Hall–Kier alpha value is -2.45. The largest absolute Gasteiger partial charge is 0.325 e. The van der Waals surface area contributed by atoms with Crippen molar-refractivity contribution in [3.05, 3.63) is 51.4 Å². The Kier molecular flexibility index (Phi) is 4.49. The first-order chi connectivity index (χ1) is 11.8. The lowest BCUT2D eigenvalue weighted by Crippen LogP contribution is -2.41. The highest BCUT2D eigenvalue weighted by molar-refractivity contribution is 7.10. The molecule has 6 nitrogen and oxygen atoms in total. The lowest BCUT2D eigenvalue weighted by molar-refractivity contribution is -0.133. The molecule has 4 amide bonds. The maximum Gasteiger partial charge on any atom is 0.325 e. The molecule has 2 N–H and O–H groups in total. The molecule has 130 valence electrons. The number of carbonyl (C=O) groups excluding carboxylic acids is 3. The van der Waals surface area contributed by atoms with Crippen LogP contribution in [0, 0.1) is 5.82 Å². The fourth-order valence-corrected chi connectivity index (χ4v) is 3.50. The summed E-state index contributed by atoms with van der Waals surface area (Å²) >= 11 is 7.09. The topological polar surface area (TPSA) is 78.5 Å². The van der Waals surface area contributed by atoms with Gasteiger partial charge in [0, 0.05) is 9.90 Å². The average Bonchev–Trinajstić information content (AvgIpc) is 3.16. The molecule has 2 aromatic rings. The van der Waals surface area contributed by atoms with Crippen molar-refractivity contribution in [2.24, 2.45) is 0 Å². The smallest absolute Gasteiger partial charge is 0.322 e. The van der Waals surface area contributed by atoms with E-state index < -0.39 is 35.7 Å². The van der Waals surface area contributed by atoms with Gasteiger partial charge >= 0.3 is 6.03 Å². The highest BCUT2D eigenvalue weighted by Gasteiger charge is 2.50. The molecular weight excluding hydrogens is 369 g/mol. The van der Waals surface area contributed by atoms with Crippen LogP contribution in [-0.4, -0.2) is 29.3 Å². The van der Waals surface area contributed by atoms with Gasteiger partial charge in [0.05, 0.1) is 5.69 Å². The zero-order valence-corrected chi connectivity index (χ0v) is 14.6. The Morgan fingerprint density at radius 1 is 1.40 bits per heavy atom. The van der Waals surface area contributed by atoms with E-state index in [1.165, 1.54) is 23.5 Å². The number of anilines is 1. The summed E-state index contributed by atoms with van der Waals surface area (Å²) in [7, 11) is 0.